The first-order valence-electron chi connectivity index (χ1n) is 8.36. The lowest BCUT2D eigenvalue weighted by Crippen LogP contribution is -2.31. The Labute approximate surface area is 143 Å². The highest BCUT2D eigenvalue weighted by Crippen LogP contribution is 2.33. The summed E-state index contributed by atoms with van der Waals surface area (Å²) in [6, 6.07) is 10.7. The van der Waals surface area contributed by atoms with Gasteiger partial charge in [-0.1, -0.05) is 12.1 Å². The number of aliphatic hydroxyl groups is 1. The van der Waals surface area contributed by atoms with Crippen LogP contribution in [0.2, 0.25) is 0 Å². The molecule has 3 aromatic rings. The number of aliphatic hydroxyl groups excluding tert-OH is 1. The molecule has 0 saturated carbocycles. The Balaban J connectivity index is 1.54. The summed E-state index contributed by atoms with van der Waals surface area (Å²) in [5.74, 6) is -0.672. The Morgan fingerprint density at radius 3 is 2.72 bits per heavy atom. The molecule has 1 aliphatic heterocycles. The van der Waals surface area contributed by atoms with Crippen LogP contribution in [-0.4, -0.2) is 22.7 Å². The third kappa shape index (κ3) is 3.22. The molecule has 0 unspecified atom stereocenters. The number of halogens is 2. The van der Waals surface area contributed by atoms with Crippen LogP contribution in [0.5, 0.6) is 0 Å². The molecule has 1 saturated heterocycles. The molecule has 1 fully saturated rings. The molecule has 2 heterocycles. The van der Waals surface area contributed by atoms with Crippen LogP contribution in [-0.2, 0) is 0 Å². The van der Waals surface area contributed by atoms with Gasteiger partial charge in [-0.2, -0.15) is 4.98 Å². The summed E-state index contributed by atoms with van der Waals surface area (Å²) in [6.07, 6.45) is 1.69. The number of benzene rings is 2. The van der Waals surface area contributed by atoms with Crippen molar-refractivity contribution in [3.63, 3.8) is 0 Å². The average molecular weight is 344 g/mol. The van der Waals surface area contributed by atoms with Gasteiger partial charge in [0.2, 0.25) is 0 Å². The first kappa shape index (κ1) is 16.0. The molecule has 6 heteroatoms. The van der Waals surface area contributed by atoms with Crippen LogP contribution in [0.4, 0.5) is 14.8 Å². The topological polar surface area (TPSA) is 49.5 Å². The van der Waals surface area contributed by atoms with Gasteiger partial charge in [0.1, 0.15) is 17.2 Å². The van der Waals surface area contributed by atoms with E-state index in [4.69, 9.17) is 4.42 Å². The summed E-state index contributed by atoms with van der Waals surface area (Å²) in [5.41, 5.74) is 1.72. The van der Waals surface area contributed by atoms with E-state index in [9.17, 15) is 13.9 Å². The van der Waals surface area contributed by atoms with Gasteiger partial charge in [-0.25, -0.2) is 8.78 Å². The molecule has 2 atom stereocenters. The van der Waals surface area contributed by atoms with Gasteiger partial charge in [-0.15, -0.1) is 0 Å². The van der Waals surface area contributed by atoms with Crippen molar-refractivity contribution in [2.24, 2.45) is 0 Å². The van der Waals surface area contributed by atoms with Gasteiger partial charge < -0.3 is 14.4 Å². The van der Waals surface area contributed by atoms with Crippen molar-refractivity contribution in [2.45, 2.75) is 31.4 Å². The van der Waals surface area contributed by atoms with E-state index in [0.717, 1.165) is 19.4 Å². The Bertz CT molecular complexity index is 879. The molecule has 1 N–H and O–H groups in total. The number of aromatic nitrogens is 1. The molecule has 0 amide bonds. The van der Waals surface area contributed by atoms with Crippen molar-refractivity contribution in [3.05, 3.63) is 59.7 Å². The molecule has 130 valence electrons. The zero-order valence-corrected chi connectivity index (χ0v) is 13.5. The number of oxazole rings is 1. The van der Waals surface area contributed by atoms with Crippen molar-refractivity contribution in [1.29, 1.82) is 0 Å². The lowest BCUT2D eigenvalue weighted by atomic mass is 10.0. The highest BCUT2D eigenvalue weighted by molar-refractivity contribution is 5.74. The smallest absolute Gasteiger partial charge is 0.298 e. The van der Waals surface area contributed by atoms with Crippen LogP contribution < -0.4 is 4.90 Å². The fourth-order valence-corrected chi connectivity index (χ4v) is 3.42. The Morgan fingerprint density at radius 2 is 1.92 bits per heavy atom. The van der Waals surface area contributed by atoms with Gasteiger partial charge in [0.05, 0.1) is 6.10 Å². The fourth-order valence-electron chi connectivity index (χ4n) is 3.42. The fraction of sp³-hybridized carbons (Fsp3) is 0.316. The first-order valence-corrected chi connectivity index (χ1v) is 8.36. The van der Waals surface area contributed by atoms with Gasteiger partial charge in [-0.05, 0) is 49.1 Å². The molecular formula is C19H18F2N2O2. The lowest BCUT2D eigenvalue weighted by molar-refractivity contribution is 0.157. The number of fused-ring (bicyclic) bond motifs is 1. The zero-order valence-electron chi connectivity index (χ0n) is 13.5. The minimum atomic E-state index is -0.687. The molecule has 0 bridgehead atoms. The number of anilines is 1. The van der Waals surface area contributed by atoms with Crippen LogP contribution >= 0.6 is 0 Å². The number of nitrogens with zero attached hydrogens (tertiary/aromatic N) is 2. The largest absolute Gasteiger partial charge is 0.423 e. The second kappa shape index (κ2) is 6.44. The summed E-state index contributed by atoms with van der Waals surface area (Å²) < 4.78 is 32.1. The normalized spacial score (nSPS) is 18.8. The van der Waals surface area contributed by atoms with Crippen LogP contribution in [0.3, 0.4) is 0 Å². The van der Waals surface area contributed by atoms with Crippen LogP contribution in [0.1, 0.15) is 30.9 Å². The molecule has 0 spiro atoms. The Kier molecular flexibility index (Phi) is 4.13. The quantitative estimate of drug-likeness (QED) is 0.771. The van der Waals surface area contributed by atoms with Gasteiger partial charge in [-0.3, -0.25) is 0 Å². The molecule has 2 aromatic carbocycles. The standard InChI is InChI=1S/C19H18F2N2O2/c20-13-5-3-12(4-6-13)17(24)11-15-2-1-9-23(15)19-22-16-10-14(21)7-8-18(16)25-19/h3-8,10,15,17,24H,1-2,9,11H2/t15-,17-/m1/s1. The number of rotatable bonds is 4. The minimum Gasteiger partial charge on any atom is -0.423 e. The van der Waals surface area contributed by atoms with Crippen molar-refractivity contribution >= 4 is 17.1 Å². The van der Waals surface area contributed by atoms with Crippen molar-refractivity contribution in [2.75, 3.05) is 11.4 Å². The third-order valence-corrected chi connectivity index (χ3v) is 4.71. The zero-order chi connectivity index (χ0) is 17.4. The van der Waals surface area contributed by atoms with E-state index < -0.39 is 6.10 Å². The maximum absolute atomic E-state index is 13.3. The van der Waals surface area contributed by atoms with E-state index in [2.05, 4.69) is 4.98 Å². The molecule has 1 aromatic heterocycles. The van der Waals surface area contributed by atoms with E-state index in [1.165, 1.54) is 24.3 Å². The highest BCUT2D eigenvalue weighted by atomic mass is 19.1. The van der Waals surface area contributed by atoms with E-state index in [1.807, 2.05) is 4.90 Å². The molecule has 0 aliphatic carbocycles. The molecule has 4 rings (SSSR count). The van der Waals surface area contributed by atoms with E-state index in [0.29, 0.717) is 29.1 Å². The number of hydrogen-bond donors (Lipinski definition) is 1. The summed E-state index contributed by atoms with van der Waals surface area (Å²) >= 11 is 0. The van der Waals surface area contributed by atoms with Gasteiger partial charge >= 0.3 is 0 Å². The van der Waals surface area contributed by atoms with Crippen LogP contribution in [0, 0.1) is 11.6 Å². The van der Waals surface area contributed by atoms with Crippen LogP contribution in [0.25, 0.3) is 11.1 Å². The van der Waals surface area contributed by atoms with Gasteiger partial charge in [0.25, 0.3) is 6.01 Å². The second-order valence-corrected chi connectivity index (χ2v) is 6.40. The van der Waals surface area contributed by atoms with Gasteiger partial charge in [0, 0.05) is 18.7 Å². The highest BCUT2D eigenvalue weighted by Gasteiger charge is 2.30. The Hall–Kier alpha value is -2.47. The predicted octanol–water partition coefficient (Wildman–Crippen LogP) is 4.20. The molecule has 1 aliphatic rings. The summed E-state index contributed by atoms with van der Waals surface area (Å²) in [7, 11) is 0. The maximum Gasteiger partial charge on any atom is 0.298 e. The van der Waals surface area contributed by atoms with E-state index >= 15 is 0 Å². The van der Waals surface area contributed by atoms with Crippen LogP contribution in [0.15, 0.2) is 46.9 Å². The van der Waals surface area contributed by atoms with Gasteiger partial charge in [0.15, 0.2) is 5.58 Å². The van der Waals surface area contributed by atoms with Crippen molar-refractivity contribution in [1.82, 2.24) is 4.98 Å². The molecule has 25 heavy (non-hydrogen) atoms. The summed E-state index contributed by atoms with van der Waals surface area (Å²) in [5, 5.41) is 10.5. The SMILES string of the molecule is O[C@H](C[C@H]1CCCN1c1nc2cc(F)ccc2o1)c1ccc(F)cc1. The number of hydrogen-bond acceptors (Lipinski definition) is 4. The lowest BCUT2D eigenvalue weighted by Gasteiger charge is -2.25. The summed E-state index contributed by atoms with van der Waals surface area (Å²) in [4.78, 5) is 6.40. The minimum absolute atomic E-state index is 0.0676. The Morgan fingerprint density at radius 1 is 1.16 bits per heavy atom. The molecule has 4 nitrogen and oxygen atoms in total. The molecule has 0 radical (unpaired) electrons. The average Bonchev–Trinajstić information content (AvgIpc) is 3.21. The second-order valence-electron chi connectivity index (χ2n) is 6.40. The summed E-state index contributed by atoms with van der Waals surface area (Å²) in [6.45, 7) is 0.774. The first-order chi connectivity index (χ1) is 12.1. The third-order valence-electron chi connectivity index (χ3n) is 4.71. The van der Waals surface area contributed by atoms with E-state index in [-0.39, 0.29) is 17.7 Å². The van der Waals surface area contributed by atoms with E-state index in [1.54, 1.807) is 18.2 Å². The van der Waals surface area contributed by atoms with Crippen molar-refractivity contribution in [3.8, 4) is 0 Å². The predicted molar refractivity (Wildman–Crippen MR) is 90.3 cm³/mol. The monoisotopic (exact) mass is 344 g/mol. The maximum atomic E-state index is 13.3. The molecular weight excluding hydrogens is 326 g/mol. The van der Waals surface area contributed by atoms with Crippen molar-refractivity contribution < 1.29 is 18.3 Å².